The van der Waals surface area contributed by atoms with E-state index in [0.29, 0.717) is 46.6 Å². The molecule has 2 aromatic carbocycles. The summed E-state index contributed by atoms with van der Waals surface area (Å²) in [7, 11) is 0. The number of nitrogens with one attached hydrogen (secondary N) is 4. The van der Waals surface area contributed by atoms with Gasteiger partial charge in [-0.3, -0.25) is 20.4 Å². The molecule has 0 atom stereocenters. The van der Waals surface area contributed by atoms with E-state index in [1.807, 2.05) is 113 Å². The highest BCUT2D eigenvalue weighted by Crippen LogP contribution is 2.35. The molecule has 4 N–H and O–H groups in total. The SMILES string of the molecule is CC(C)(C)c1cc(-c2ccnc(N(c3ccccc3)c3nccc(-c4cc(C(C)(C)C)[nH]n4)n3)n2)n[nH]1.Cc1ccc(N(c2nccc(-c3cc(C(C)(C)C)[nH]n3)n2)c2nccc(-c3cc(C(C)(C)C)[nH]n3)n2)cc1. The molecule has 0 fully saturated rings. The van der Waals surface area contributed by atoms with E-state index in [9.17, 15) is 0 Å². The quantitative estimate of drug-likeness (QED) is 0.100. The second-order valence-corrected chi connectivity index (χ2v) is 22.5. The van der Waals surface area contributed by atoms with Crippen molar-refractivity contribution >= 4 is 35.2 Å². The normalized spacial score (nSPS) is 12.1. The molecule has 0 unspecified atom stereocenters. The minimum atomic E-state index is -0.0531. The molecule has 10 rings (SSSR count). The number of aromatic nitrogens is 16. The molecule has 18 nitrogen and oxygen atoms in total. The van der Waals surface area contributed by atoms with Crippen LogP contribution >= 0.6 is 0 Å². The standard InChI is InChI=1S/C29H33N9.C28H31N9/c1-18-8-10-19(11-9-18)38(26-30-14-12-20(32-26)22-16-24(36-34-22)28(2,3)4)27-31-15-13-21(33-27)23-17-25(37-35-23)29(5,6)7;1-27(2,3)23-16-21(33-35-23)19-12-14-29-25(31-19)37(18-10-8-7-9-11-18)26-30-15-13-20(32-26)22-17-24(36-34-22)28(4,5)6/h8-17H,1-7H3,(H,34,36)(H,35,37);7-17H,1-6H3,(H,33,35)(H,34,36). The van der Waals surface area contributed by atoms with Crippen LogP contribution in [0.2, 0.25) is 0 Å². The lowest BCUT2D eigenvalue weighted by molar-refractivity contribution is 0.566. The van der Waals surface area contributed by atoms with Crippen LogP contribution in [0.5, 0.6) is 0 Å². The van der Waals surface area contributed by atoms with Crippen LogP contribution in [0, 0.1) is 6.92 Å². The van der Waals surface area contributed by atoms with E-state index in [0.717, 1.165) is 62.5 Å². The number of benzene rings is 2. The zero-order chi connectivity index (χ0) is 53.3. The fourth-order valence-electron chi connectivity index (χ4n) is 7.66. The summed E-state index contributed by atoms with van der Waals surface area (Å²) < 4.78 is 0. The third-order valence-corrected chi connectivity index (χ3v) is 12.3. The van der Waals surface area contributed by atoms with Crippen molar-refractivity contribution in [3.05, 3.63) is 156 Å². The van der Waals surface area contributed by atoms with Crippen molar-refractivity contribution in [1.82, 2.24) is 80.7 Å². The Hall–Kier alpha value is -8.80. The molecule has 0 amide bonds. The van der Waals surface area contributed by atoms with E-state index in [4.69, 9.17) is 19.9 Å². The van der Waals surface area contributed by atoms with Gasteiger partial charge in [-0.2, -0.15) is 20.4 Å². The minimum Gasteiger partial charge on any atom is -0.281 e. The zero-order valence-electron chi connectivity index (χ0n) is 44.9. The van der Waals surface area contributed by atoms with E-state index in [-0.39, 0.29) is 21.7 Å². The van der Waals surface area contributed by atoms with Gasteiger partial charge in [0, 0.05) is 69.2 Å². The van der Waals surface area contributed by atoms with Crippen LogP contribution in [0.25, 0.3) is 45.6 Å². The van der Waals surface area contributed by atoms with Gasteiger partial charge in [0.1, 0.15) is 22.8 Å². The van der Waals surface area contributed by atoms with Gasteiger partial charge in [-0.1, -0.05) is 119 Å². The molecular weight excluding hydrogens is 937 g/mol. The van der Waals surface area contributed by atoms with Crippen molar-refractivity contribution in [3.63, 3.8) is 0 Å². The molecule has 75 heavy (non-hydrogen) atoms. The topological polar surface area (TPSA) is 224 Å². The maximum Gasteiger partial charge on any atom is 0.237 e. The number of rotatable bonds is 10. The number of aryl methyl sites for hydroxylation is 1. The third kappa shape index (κ3) is 11.7. The average Bonchev–Trinajstić information content (AvgIpc) is 4.23. The Morgan fingerprint density at radius 1 is 0.320 bits per heavy atom. The van der Waals surface area contributed by atoms with Gasteiger partial charge in [0.15, 0.2) is 0 Å². The molecule has 0 aliphatic heterocycles. The summed E-state index contributed by atoms with van der Waals surface area (Å²) in [6.45, 7) is 27.7. The van der Waals surface area contributed by atoms with E-state index in [1.165, 1.54) is 0 Å². The van der Waals surface area contributed by atoms with Gasteiger partial charge < -0.3 is 0 Å². The van der Waals surface area contributed by atoms with Crippen LogP contribution < -0.4 is 9.80 Å². The van der Waals surface area contributed by atoms with Gasteiger partial charge in [0.2, 0.25) is 23.8 Å². The molecule has 0 radical (unpaired) electrons. The summed E-state index contributed by atoms with van der Waals surface area (Å²) >= 11 is 0. The second kappa shape index (κ2) is 20.2. The molecule has 8 aromatic heterocycles. The van der Waals surface area contributed by atoms with Gasteiger partial charge in [-0.25, -0.2) is 49.7 Å². The van der Waals surface area contributed by atoms with E-state index in [1.54, 1.807) is 24.8 Å². The molecule has 0 bridgehead atoms. The van der Waals surface area contributed by atoms with Crippen molar-refractivity contribution in [1.29, 1.82) is 0 Å². The highest BCUT2D eigenvalue weighted by atomic mass is 15.3. The Morgan fingerprint density at radius 3 is 0.840 bits per heavy atom. The third-order valence-electron chi connectivity index (χ3n) is 12.3. The molecule has 10 aromatic rings. The summed E-state index contributed by atoms with van der Waals surface area (Å²) in [5.74, 6) is 1.78. The van der Waals surface area contributed by atoms with Crippen molar-refractivity contribution in [2.45, 2.75) is 112 Å². The number of anilines is 6. The van der Waals surface area contributed by atoms with Crippen LogP contribution in [0.1, 0.15) is 111 Å². The zero-order valence-corrected chi connectivity index (χ0v) is 44.9. The number of H-pyrrole nitrogens is 4. The van der Waals surface area contributed by atoms with Gasteiger partial charge in [-0.05, 0) is 79.7 Å². The van der Waals surface area contributed by atoms with Crippen LogP contribution in [0.3, 0.4) is 0 Å². The molecule has 0 saturated carbocycles. The Morgan fingerprint density at radius 2 is 0.587 bits per heavy atom. The van der Waals surface area contributed by atoms with Crippen LogP contribution in [0.15, 0.2) is 128 Å². The first-order valence-electron chi connectivity index (χ1n) is 24.9. The maximum atomic E-state index is 4.88. The summed E-state index contributed by atoms with van der Waals surface area (Å²) in [6, 6.07) is 33.5. The minimum absolute atomic E-state index is 0.0510. The smallest absolute Gasteiger partial charge is 0.237 e. The number of hydrogen-bond donors (Lipinski definition) is 4. The van der Waals surface area contributed by atoms with Crippen molar-refractivity contribution in [2.75, 3.05) is 9.80 Å². The Kier molecular flexibility index (Phi) is 13.8. The molecule has 18 heteroatoms. The lowest BCUT2D eigenvalue weighted by atomic mass is 9.92. The molecule has 8 heterocycles. The Labute approximate surface area is 437 Å². The molecule has 0 aliphatic carbocycles. The predicted octanol–water partition coefficient (Wildman–Crippen LogP) is 12.5. The van der Waals surface area contributed by atoms with Gasteiger partial charge in [-0.15, -0.1) is 0 Å². The Bertz CT molecular complexity index is 3330. The summed E-state index contributed by atoms with van der Waals surface area (Å²) in [4.78, 5) is 41.6. The van der Waals surface area contributed by atoms with E-state index < -0.39 is 0 Å². The summed E-state index contributed by atoms with van der Waals surface area (Å²) in [5.41, 5.74) is 12.6. The van der Waals surface area contributed by atoms with Crippen LogP contribution in [-0.4, -0.2) is 80.7 Å². The Balaban J connectivity index is 0.000000184. The molecule has 0 saturated heterocycles. The van der Waals surface area contributed by atoms with Crippen molar-refractivity contribution in [2.24, 2.45) is 0 Å². The highest BCUT2D eigenvalue weighted by Gasteiger charge is 2.26. The fraction of sp³-hybridized carbons (Fsp3) is 0.298. The van der Waals surface area contributed by atoms with E-state index >= 15 is 0 Å². The molecule has 382 valence electrons. The fourth-order valence-corrected chi connectivity index (χ4v) is 7.66. The predicted molar refractivity (Wildman–Crippen MR) is 294 cm³/mol. The van der Waals surface area contributed by atoms with Gasteiger partial charge >= 0.3 is 0 Å². The summed E-state index contributed by atoms with van der Waals surface area (Å²) in [6.07, 6.45) is 6.92. The van der Waals surface area contributed by atoms with Crippen LogP contribution in [-0.2, 0) is 21.7 Å². The van der Waals surface area contributed by atoms with Crippen LogP contribution in [0.4, 0.5) is 35.2 Å². The molecule has 0 spiro atoms. The number of para-hydroxylation sites is 1. The maximum absolute atomic E-state index is 4.88. The average molecular weight is 1000 g/mol. The number of nitrogens with zero attached hydrogens (tertiary/aromatic N) is 14. The largest absolute Gasteiger partial charge is 0.281 e. The number of hydrogen-bond acceptors (Lipinski definition) is 14. The molecule has 0 aliphatic rings. The second-order valence-electron chi connectivity index (χ2n) is 22.5. The first kappa shape index (κ1) is 51.1. The lowest BCUT2D eigenvalue weighted by Gasteiger charge is -2.21. The number of aromatic amines is 4. The van der Waals surface area contributed by atoms with E-state index in [2.05, 4.69) is 151 Å². The van der Waals surface area contributed by atoms with Crippen molar-refractivity contribution < 1.29 is 0 Å². The molecular formula is C57H64N18. The first-order chi connectivity index (χ1) is 35.6. The van der Waals surface area contributed by atoms with Crippen molar-refractivity contribution in [3.8, 4) is 45.6 Å². The summed E-state index contributed by atoms with van der Waals surface area (Å²) in [5, 5.41) is 30.6. The first-order valence-corrected chi connectivity index (χ1v) is 24.9. The lowest BCUT2D eigenvalue weighted by Crippen LogP contribution is -2.16. The van der Waals surface area contributed by atoms with Gasteiger partial charge in [0.25, 0.3) is 0 Å². The monoisotopic (exact) mass is 1000 g/mol. The van der Waals surface area contributed by atoms with Gasteiger partial charge in [0.05, 0.1) is 34.2 Å². The highest BCUT2D eigenvalue weighted by molar-refractivity contribution is 5.72.